The summed E-state index contributed by atoms with van der Waals surface area (Å²) in [7, 11) is -3.28. The minimum absolute atomic E-state index is 0.458. The molecule has 134 valence electrons. The summed E-state index contributed by atoms with van der Waals surface area (Å²) < 4.78 is 29.3. The molecule has 2 saturated heterocycles. The Morgan fingerprint density at radius 2 is 1.54 bits per heavy atom. The van der Waals surface area contributed by atoms with Gasteiger partial charge in [0.1, 0.15) is 0 Å². The minimum Gasteiger partial charge on any atom is -0.195 e. The van der Waals surface area contributed by atoms with Crippen molar-refractivity contribution < 1.29 is 8.42 Å². The molecule has 0 bridgehead atoms. The number of hydrogen-bond donors (Lipinski definition) is 0. The van der Waals surface area contributed by atoms with Crippen LogP contribution in [0.2, 0.25) is 0 Å². The number of hydrogen-bond acceptors (Lipinski definition) is 2. The van der Waals surface area contributed by atoms with Gasteiger partial charge in [-0.15, -0.1) is 0 Å². The molecule has 24 heavy (non-hydrogen) atoms. The van der Waals surface area contributed by atoms with Gasteiger partial charge in [-0.05, 0) is 49.0 Å². The standard InChI is InChI=1S/C19H30N2O2S/c1-16-12-17(2)15-21(14-16)24(22,23)20-10-8-19(9-11-20)13-18-6-4-3-5-7-18/h3-7,16-17,19H,8-15H2,1-2H3/t16-,17+. The van der Waals surface area contributed by atoms with E-state index in [-0.39, 0.29) is 0 Å². The van der Waals surface area contributed by atoms with Gasteiger partial charge in [0.15, 0.2) is 0 Å². The molecule has 0 saturated carbocycles. The average Bonchev–Trinajstić information content (AvgIpc) is 2.55. The SMILES string of the molecule is C[C@@H]1C[C@H](C)CN(S(=O)(=O)N2CCC(Cc3ccccc3)CC2)C1. The summed E-state index contributed by atoms with van der Waals surface area (Å²) in [5, 5.41) is 0. The Bertz CT molecular complexity index is 614. The van der Waals surface area contributed by atoms with Crippen LogP contribution < -0.4 is 0 Å². The Hall–Kier alpha value is -0.910. The normalized spacial score (nSPS) is 28.1. The van der Waals surface area contributed by atoms with Gasteiger partial charge in [-0.3, -0.25) is 0 Å². The van der Waals surface area contributed by atoms with Gasteiger partial charge in [-0.25, -0.2) is 0 Å². The Morgan fingerprint density at radius 3 is 2.12 bits per heavy atom. The first-order chi connectivity index (χ1) is 11.4. The van der Waals surface area contributed by atoms with Gasteiger partial charge >= 0.3 is 0 Å². The molecular weight excluding hydrogens is 320 g/mol. The highest BCUT2D eigenvalue weighted by atomic mass is 32.2. The van der Waals surface area contributed by atoms with Crippen LogP contribution in [0.15, 0.2) is 30.3 Å². The van der Waals surface area contributed by atoms with E-state index < -0.39 is 10.2 Å². The maximum atomic E-state index is 12.9. The molecule has 2 aliphatic heterocycles. The topological polar surface area (TPSA) is 40.6 Å². The summed E-state index contributed by atoms with van der Waals surface area (Å²) in [6.07, 6.45) is 4.12. The molecule has 0 aromatic heterocycles. The first kappa shape index (κ1) is 17.9. The van der Waals surface area contributed by atoms with Crippen LogP contribution in [0.4, 0.5) is 0 Å². The van der Waals surface area contributed by atoms with Crippen LogP contribution in [0.5, 0.6) is 0 Å². The monoisotopic (exact) mass is 350 g/mol. The fraction of sp³-hybridized carbons (Fsp3) is 0.684. The predicted molar refractivity (Wildman–Crippen MR) is 97.9 cm³/mol. The quantitative estimate of drug-likeness (QED) is 0.837. The molecule has 4 nitrogen and oxygen atoms in total. The van der Waals surface area contributed by atoms with Crippen molar-refractivity contribution in [1.82, 2.24) is 8.61 Å². The van der Waals surface area contributed by atoms with E-state index in [9.17, 15) is 8.42 Å². The first-order valence-corrected chi connectivity index (χ1v) is 10.6. The fourth-order valence-electron chi connectivity index (χ4n) is 4.25. The number of rotatable bonds is 4. The molecular formula is C19H30N2O2S. The maximum absolute atomic E-state index is 12.9. The van der Waals surface area contributed by atoms with E-state index in [0.717, 1.165) is 25.7 Å². The van der Waals surface area contributed by atoms with Crippen LogP contribution >= 0.6 is 0 Å². The highest BCUT2D eigenvalue weighted by Gasteiger charge is 2.36. The van der Waals surface area contributed by atoms with Crippen molar-refractivity contribution in [3.63, 3.8) is 0 Å². The van der Waals surface area contributed by atoms with E-state index in [1.807, 2.05) is 6.07 Å². The van der Waals surface area contributed by atoms with Gasteiger partial charge in [0.2, 0.25) is 0 Å². The zero-order chi connectivity index (χ0) is 17.2. The Morgan fingerprint density at radius 1 is 0.958 bits per heavy atom. The molecule has 0 spiro atoms. The summed E-state index contributed by atoms with van der Waals surface area (Å²) in [5.74, 6) is 1.51. The molecule has 2 aliphatic rings. The fourth-order valence-corrected chi connectivity index (χ4v) is 6.13. The second-order valence-electron chi connectivity index (χ2n) is 7.80. The van der Waals surface area contributed by atoms with Crippen molar-refractivity contribution in [2.45, 2.75) is 39.5 Å². The molecule has 2 atom stereocenters. The molecule has 2 fully saturated rings. The Balaban J connectivity index is 1.57. The van der Waals surface area contributed by atoms with E-state index in [2.05, 4.69) is 38.1 Å². The third-order valence-corrected chi connectivity index (χ3v) is 7.40. The molecule has 3 rings (SSSR count). The van der Waals surface area contributed by atoms with E-state index >= 15 is 0 Å². The molecule has 0 aliphatic carbocycles. The lowest BCUT2D eigenvalue weighted by Gasteiger charge is -2.39. The van der Waals surface area contributed by atoms with Gasteiger partial charge in [0, 0.05) is 26.2 Å². The molecule has 1 aromatic carbocycles. The summed E-state index contributed by atoms with van der Waals surface area (Å²) in [6, 6.07) is 10.5. The van der Waals surface area contributed by atoms with Crippen LogP contribution in [0.1, 0.15) is 38.7 Å². The molecule has 0 amide bonds. The van der Waals surface area contributed by atoms with Crippen molar-refractivity contribution in [1.29, 1.82) is 0 Å². The molecule has 0 unspecified atom stereocenters. The molecule has 5 heteroatoms. The minimum atomic E-state index is -3.28. The molecule has 0 N–H and O–H groups in total. The number of nitrogens with zero attached hydrogens (tertiary/aromatic N) is 2. The zero-order valence-electron chi connectivity index (χ0n) is 14.9. The molecule has 0 radical (unpaired) electrons. The van der Waals surface area contributed by atoms with Crippen molar-refractivity contribution in [3.8, 4) is 0 Å². The predicted octanol–water partition coefficient (Wildman–Crippen LogP) is 3.16. The van der Waals surface area contributed by atoms with Crippen molar-refractivity contribution in [3.05, 3.63) is 35.9 Å². The average molecular weight is 351 g/mol. The van der Waals surface area contributed by atoms with Crippen LogP contribution in [-0.2, 0) is 16.6 Å². The summed E-state index contributed by atoms with van der Waals surface area (Å²) in [6.45, 7) is 7.00. The Labute approximate surface area is 147 Å². The highest BCUT2D eigenvalue weighted by molar-refractivity contribution is 7.86. The van der Waals surface area contributed by atoms with E-state index in [4.69, 9.17) is 0 Å². The first-order valence-electron chi connectivity index (χ1n) is 9.24. The van der Waals surface area contributed by atoms with Crippen molar-refractivity contribution >= 4 is 10.2 Å². The van der Waals surface area contributed by atoms with Crippen LogP contribution in [0, 0.1) is 17.8 Å². The number of piperidine rings is 2. The van der Waals surface area contributed by atoms with Crippen LogP contribution in [-0.4, -0.2) is 43.2 Å². The third kappa shape index (κ3) is 4.19. The lowest BCUT2D eigenvalue weighted by Crippen LogP contribution is -2.51. The van der Waals surface area contributed by atoms with E-state index in [1.54, 1.807) is 8.61 Å². The largest absolute Gasteiger partial charge is 0.281 e. The van der Waals surface area contributed by atoms with Gasteiger partial charge < -0.3 is 0 Å². The van der Waals surface area contributed by atoms with Crippen LogP contribution in [0.25, 0.3) is 0 Å². The maximum Gasteiger partial charge on any atom is 0.281 e. The molecule has 1 aromatic rings. The third-order valence-electron chi connectivity index (χ3n) is 5.43. The second kappa shape index (κ2) is 7.54. The van der Waals surface area contributed by atoms with E-state index in [1.165, 1.54) is 5.56 Å². The second-order valence-corrected chi connectivity index (χ2v) is 9.73. The lowest BCUT2D eigenvalue weighted by atomic mass is 9.91. The smallest absolute Gasteiger partial charge is 0.195 e. The number of benzene rings is 1. The van der Waals surface area contributed by atoms with E-state index in [0.29, 0.717) is 43.9 Å². The summed E-state index contributed by atoms with van der Waals surface area (Å²) >= 11 is 0. The Kier molecular flexibility index (Phi) is 5.63. The zero-order valence-corrected chi connectivity index (χ0v) is 15.7. The summed E-state index contributed by atoms with van der Waals surface area (Å²) in [5.41, 5.74) is 1.36. The highest BCUT2D eigenvalue weighted by Crippen LogP contribution is 2.28. The van der Waals surface area contributed by atoms with Gasteiger partial charge in [0.25, 0.3) is 10.2 Å². The van der Waals surface area contributed by atoms with Gasteiger partial charge in [-0.2, -0.15) is 17.0 Å². The van der Waals surface area contributed by atoms with Crippen LogP contribution in [0.3, 0.4) is 0 Å². The van der Waals surface area contributed by atoms with Gasteiger partial charge in [0.05, 0.1) is 0 Å². The molecule has 2 heterocycles. The van der Waals surface area contributed by atoms with Gasteiger partial charge in [-0.1, -0.05) is 44.2 Å². The summed E-state index contributed by atoms with van der Waals surface area (Å²) in [4.78, 5) is 0. The lowest BCUT2D eigenvalue weighted by molar-refractivity contribution is 0.196. The van der Waals surface area contributed by atoms with Crippen molar-refractivity contribution in [2.24, 2.45) is 17.8 Å². The van der Waals surface area contributed by atoms with Crippen molar-refractivity contribution in [2.75, 3.05) is 26.2 Å².